The number of nitrogens with one attached hydrogen (secondary N) is 1. The number of hydrogen-bond donors (Lipinski definition) is 2. The highest BCUT2D eigenvalue weighted by Gasteiger charge is 2.10. The molecule has 0 unspecified atom stereocenters. The molecule has 0 atom stereocenters. The molecule has 0 saturated heterocycles. The number of aryl methyl sites for hydroxylation is 3. The maximum atomic E-state index is 7.45. The van der Waals surface area contributed by atoms with E-state index in [0.29, 0.717) is 6.61 Å². The van der Waals surface area contributed by atoms with Gasteiger partial charge in [0.25, 0.3) is 0 Å². The third-order valence-corrected chi connectivity index (χ3v) is 3.93. The van der Waals surface area contributed by atoms with Crippen molar-refractivity contribution in [2.75, 3.05) is 0 Å². The summed E-state index contributed by atoms with van der Waals surface area (Å²) in [6, 6.07) is 6.08. The van der Waals surface area contributed by atoms with E-state index in [1.807, 2.05) is 26.0 Å². The van der Waals surface area contributed by atoms with Crippen LogP contribution in [0.15, 0.2) is 18.2 Å². The molecule has 0 spiro atoms. The summed E-state index contributed by atoms with van der Waals surface area (Å²) in [4.78, 5) is 5.09. The van der Waals surface area contributed by atoms with E-state index in [4.69, 9.17) is 15.9 Å². The number of rotatable bonds is 4. The van der Waals surface area contributed by atoms with Crippen LogP contribution in [0.3, 0.4) is 0 Å². The quantitative estimate of drug-likeness (QED) is 0.665. The largest absolute Gasteiger partial charge is 0.486 e. The Hall–Kier alpha value is -1.88. The lowest BCUT2D eigenvalue weighted by atomic mass is 10.1. The first-order valence-electron chi connectivity index (χ1n) is 5.98. The Labute approximate surface area is 116 Å². The molecule has 0 aliphatic rings. The second-order valence-electron chi connectivity index (χ2n) is 4.49. The second-order valence-corrected chi connectivity index (χ2v) is 5.58. The maximum absolute atomic E-state index is 7.45. The third-order valence-electron chi connectivity index (χ3n) is 2.77. The van der Waals surface area contributed by atoms with Crippen LogP contribution >= 0.6 is 11.3 Å². The maximum Gasteiger partial charge on any atom is 0.140 e. The van der Waals surface area contributed by atoms with Gasteiger partial charge in [-0.2, -0.15) is 0 Å². The zero-order valence-corrected chi connectivity index (χ0v) is 12.1. The molecule has 1 aromatic heterocycles. The van der Waals surface area contributed by atoms with E-state index in [-0.39, 0.29) is 5.84 Å². The number of hydrogen-bond acceptors (Lipinski definition) is 4. The number of aromatic nitrogens is 1. The fourth-order valence-electron chi connectivity index (χ4n) is 1.86. The predicted octanol–water partition coefficient (Wildman–Crippen LogP) is 2.93. The van der Waals surface area contributed by atoms with E-state index in [0.717, 1.165) is 26.9 Å². The average Bonchev–Trinajstić information content (AvgIpc) is 2.69. The lowest BCUT2D eigenvalue weighted by Crippen LogP contribution is -2.10. The molecule has 0 fully saturated rings. The Balaban J connectivity index is 2.10. The van der Waals surface area contributed by atoms with Gasteiger partial charge in [0.2, 0.25) is 0 Å². The first kappa shape index (κ1) is 13.5. The molecule has 3 N–H and O–H groups in total. The summed E-state index contributed by atoms with van der Waals surface area (Å²) < 4.78 is 5.76. The van der Waals surface area contributed by atoms with E-state index in [1.165, 1.54) is 16.9 Å². The Morgan fingerprint density at radius 1 is 1.37 bits per heavy atom. The fraction of sp³-hybridized carbons (Fsp3) is 0.286. The van der Waals surface area contributed by atoms with Crippen molar-refractivity contribution in [3.63, 3.8) is 0 Å². The van der Waals surface area contributed by atoms with Crippen LogP contribution in [0.2, 0.25) is 0 Å². The molecule has 0 bridgehead atoms. The van der Waals surface area contributed by atoms with Crippen molar-refractivity contribution < 1.29 is 4.74 Å². The first-order valence-corrected chi connectivity index (χ1v) is 6.80. The molecule has 0 radical (unpaired) electrons. The first-order chi connectivity index (χ1) is 8.97. The Morgan fingerprint density at radius 3 is 2.68 bits per heavy atom. The molecule has 4 nitrogen and oxygen atoms in total. The van der Waals surface area contributed by atoms with Crippen molar-refractivity contribution in [2.24, 2.45) is 5.73 Å². The zero-order valence-electron chi connectivity index (χ0n) is 11.3. The van der Waals surface area contributed by atoms with Gasteiger partial charge in [0.05, 0.1) is 10.6 Å². The Kier molecular flexibility index (Phi) is 3.85. The number of benzene rings is 1. The van der Waals surface area contributed by atoms with Gasteiger partial charge in [-0.3, -0.25) is 5.41 Å². The number of nitrogens with two attached hydrogens (primary N) is 1. The van der Waals surface area contributed by atoms with Crippen LogP contribution in [-0.2, 0) is 6.61 Å². The standard InChI is InChI=1S/C14H17N3OS/c1-8-4-5-11(9(2)6-8)18-7-12-17-10(3)13(19-12)14(15)16/h4-6H,7H2,1-3H3,(H3,15,16). The molecule has 1 heterocycles. The lowest BCUT2D eigenvalue weighted by Gasteiger charge is -2.07. The lowest BCUT2D eigenvalue weighted by molar-refractivity contribution is 0.303. The fourth-order valence-corrected chi connectivity index (χ4v) is 2.70. The Bertz CT molecular complexity index is 619. The van der Waals surface area contributed by atoms with Gasteiger partial charge in [-0.05, 0) is 32.4 Å². The number of ether oxygens (including phenoxy) is 1. The van der Waals surface area contributed by atoms with E-state index < -0.39 is 0 Å². The van der Waals surface area contributed by atoms with Gasteiger partial charge in [0.1, 0.15) is 23.2 Å². The summed E-state index contributed by atoms with van der Waals surface area (Å²) in [5, 5.41) is 8.29. The van der Waals surface area contributed by atoms with Crippen LogP contribution in [0.5, 0.6) is 5.75 Å². The van der Waals surface area contributed by atoms with Gasteiger partial charge in [-0.15, -0.1) is 11.3 Å². The van der Waals surface area contributed by atoms with Crippen molar-refractivity contribution in [3.05, 3.63) is 44.9 Å². The average molecular weight is 275 g/mol. The minimum atomic E-state index is 0.0627. The minimum Gasteiger partial charge on any atom is -0.486 e. The predicted molar refractivity (Wildman–Crippen MR) is 78.1 cm³/mol. The molecule has 1 aromatic carbocycles. The molecule has 5 heteroatoms. The van der Waals surface area contributed by atoms with Crippen LogP contribution in [0.25, 0.3) is 0 Å². The topological polar surface area (TPSA) is 72.0 Å². The molecule has 100 valence electrons. The molecule has 2 aromatic rings. The van der Waals surface area contributed by atoms with Gasteiger partial charge < -0.3 is 10.5 Å². The van der Waals surface area contributed by atoms with Crippen molar-refractivity contribution in [1.29, 1.82) is 5.41 Å². The summed E-state index contributed by atoms with van der Waals surface area (Å²) >= 11 is 1.41. The number of nitrogen functional groups attached to an aromatic ring is 1. The Morgan fingerprint density at radius 2 is 2.11 bits per heavy atom. The SMILES string of the molecule is Cc1ccc(OCc2nc(C)c(C(=N)N)s2)c(C)c1. The number of nitrogens with zero attached hydrogens (tertiary/aromatic N) is 1. The van der Waals surface area contributed by atoms with Crippen molar-refractivity contribution >= 4 is 17.2 Å². The van der Waals surface area contributed by atoms with E-state index in [9.17, 15) is 0 Å². The van der Waals surface area contributed by atoms with E-state index in [1.54, 1.807) is 0 Å². The van der Waals surface area contributed by atoms with E-state index >= 15 is 0 Å². The summed E-state index contributed by atoms with van der Waals surface area (Å²) in [5.41, 5.74) is 8.61. The van der Waals surface area contributed by atoms with Crippen molar-refractivity contribution in [1.82, 2.24) is 4.98 Å². The molecule has 0 aliphatic carbocycles. The normalized spacial score (nSPS) is 10.5. The molecular weight excluding hydrogens is 258 g/mol. The highest BCUT2D eigenvalue weighted by molar-refractivity contribution is 7.13. The summed E-state index contributed by atoms with van der Waals surface area (Å²) in [7, 11) is 0. The molecular formula is C14H17N3OS. The molecule has 19 heavy (non-hydrogen) atoms. The van der Waals surface area contributed by atoms with Crippen LogP contribution in [0, 0.1) is 26.2 Å². The zero-order chi connectivity index (χ0) is 14.0. The van der Waals surface area contributed by atoms with E-state index in [2.05, 4.69) is 18.0 Å². The monoisotopic (exact) mass is 275 g/mol. The molecule has 2 rings (SSSR count). The highest BCUT2D eigenvalue weighted by Crippen LogP contribution is 2.22. The molecule has 0 amide bonds. The summed E-state index contributed by atoms with van der Waals surface area (Å²) in [5.74, 6) is 0.926. The van der Waals surface area contributed by atoms with Gasteiger partial charge >= 0.3 is 0 Å². The molecule has 0 aliphatic heterocycles. The number of thiazole rings is 1. The van der Waals surface area contributed by atoms with Gasteiger partial charge in [0, 0.05) is 0 Å². The van der Waals surface area contributed by atoms with Crippen LogP contribution < -0.4 is 10.5 Å². The number of amidine groups is 1. The van der Waals surface area contributed by atoms with Gasteiger partial charge in [-0.1, -0.05) is 17.7 Å². The molecule has 0 saturated carbocycles. The summed E-state index contributed by atoms with van der Waals surface area (Å²) in [6.45, 7) is 6.34. The third kappa shape index (κ3) is 3.12. The van der Waals surface area contributed by atoms with Gasteiger partial charge in [0.15, 0.2) is 0 Å². The van der Waals surface area contributed by atoms with Crippen molar-refractivity contribution in [2.45, 2.75) is 27.4 Å². The highest BCUT2D eigenvalue weighted by atomic mass is 32.1. The van der Waals surface area contributed by atoms with Crippen LogP contribution in [-0.4, -0.2) is 10.8 Å². The van der Waals surface area contributed by atoms with Crippen LogP contribution in [0.4, 0.5) is 0 Å². The smallest absolute Gasteiger partial charge is 0.140 e. The summed E-state index contributed by atoms with van der Waals surface area (Å²) in [6.07, 6.45) is 0. The second kappa shape index (κ2) is 5.40. The van der Waals surface area contributed by atoms with Gasteiger partial charge in [-0.25, -0.2) is 4.98 Å². The van der Waals surface area contributed by atoms with Crippen LogP contribution in [0.1, 0.15) is 26.7 Å². The minimum absolute atomic E-state index is 0.0627. The van der Waals surface area contributed by atoms with Crippen molar-refractivity contribution in [3.8, 4) is 5.75 Å².